The van der Waals surface area contributed by atoms with Crippen LogP contribution >= 0.6 is 0 Å². The van der Waals surface area contributed by atoms with Crippen LogP contribution in [-0.4, -0.2) is 54.7 Å². The maximum atomic E-state index is 12.8. The minimum atomic E-state index is -3.54. The number of benzene rings is 1. The topological polar surface area (TPSA) is 76.8 Å². The summed E-state index contributed by atoms with van der Waals surface area (Å²) in [5.74, 6) is 1.15. The molecule has 0 saturated carbocycles. The van der Waals surface area contributed by atoms with Gasteiger partial charge in [-0.3, -0.25) is 4.99 Å². The van der Waals surface area contributed by atoms with Crippen molar-refractivity contribution in [2.45, 2.75) is 24.4 Å². The first-order valence-corrected chi connectivity index (χ1v) is 10.6. The van der Waals surface area contributed by atoms with E-state index in [1.807, 2.05) is 6.07 Å². The average Bonchev–Trinajstić information content (AvgIpc) is 3.14. The summed E-state index contributed by atoms with van der Waals surface area (Å²) in [6.45, 7) is 1.76. The Kier molecular flexibility index (Phi) is 4.77. The van der Waals surface area contributed by atoms with Crippen molar-refractivity contribution in [2.75, 3.05) is 26.7 Å². The van der Waals surface area contributed by atoms with Gasteiger partial charge in [-0.2, -0.15) is 4.31 Å². The molecule has 7 nitrogen and oxygen atoms in total. The van der Waals surface area contributed by atoms with Crippen LogP contribution in [0.25, 0.3) is 0 Å². The molecule has 1 fully saturated rings. The molecule has 8 heteroatoms. The number of methoxy groups -OCH3 is 1. The smallest absolute Gasteiger partial charge is 0.276 e. The quantitative estimate of drug-likeness (QED) is 0.801. The van der Waals surface area contributed by atoms with Crippen LogP contribution in [0.3, 0.4) is 0 Å². The summed E-state index contributed by atoms with van der Waals surface area (Å²) < 4.78 is 34.1. The molecule has 4 rings (SSSR count). The highest BCUT2D eigenvalue weighted by atomic mass is 32.2. The number of aliphatic imine (C=N–C) groups is 1. The second-order valence-corrected chi connectivity index (χ2v) is 8.87. The van der Waals surface area contributed by atoms with Crippen molar-refractivity contribution in [3.63, 3.8) is 0 Å². The highest BCUT2D eigenvalue weighted by Gasteiger charge is 2.34. The van der Waals surface area contributed by atoms with Crippen LogP contribution in [0, 0.1) is 5.92 Å². The number of nitrogens with zero attached hydrogens (tertiary/aromatic N) is 4. The molecule has 0 bridgehead atoms. The van der Waals surface area contributed by atoms with Gasteiger partial charge in [0, 0.05) is 50.7 Å². The molecule has 27 heavy (non-hydrogen) atoms. The fraction of sp³-hybridized carbons (Fsp3) is 0.474. The van der Waals surface area contributed by atoms with Crippen LogP contribution in [0.15, 0.2) is 40.7 Å². The number of piperidine rings is 1. The Labute approximate surface area is 159 Å². The summed E-state index contributed by atoms with van der Waals surface area (Å²) in [6.07, 6.45) is 5.63. The Morgan fingerprint density at radius 2 is 2.00 bits per heavy atom. The van der Waals surface area contributed by atoms with E-state index in [4.69, 9.17) is 9.73 Å². The van der Waals surface area contributed by atoms with Gasteiger partial charge in [0.25, 0.3) is 10.0 Å². The van der Waals surface area contributed by atoms with Crippen LogP contribution in [0.4, 0.5) is 0 Å². The maximum Gasteiger partial charge on any atom is 0.276 e. The van der Waals surface area contributed by atoms with E-state index in [-0.39, 0.29) is 11.1 Å². The molecule has 0 N–H and O–H groups in total. The summed E-state index contributed by atoms with van der Waals surface area (Å²) in [5.41, 5.74) is 3.57. The monoisotopic (exact) mass is 388 g/mol. The van der Waals surface area contributed by atoms with Crippen LogP contribution in [-0.2, 0) is 23.5 Å². The first-order chi connectivity index (χ1) is 13.0. The number of sulfonamides is 1. The van der Waals surface area contributed by atoms with Gasteiger partial charge >= 0.3 is 0 Å². The molecular weight excluding hydrogens is 364 g/mol. The molecule has 2 aliphatic rings. The highest BCUT2D eigenvalue weighted by molar-refractivity contribution is 7.89. The van der Waals surface area contributed by atoms with Gasteiger partial charge in [-0.15, -0.1) is 0 Å². The van der Waals surface area contributed by atoms with E-state index in [2.05, 4.69) is 17.1 Å². The van der Waals surface area contributed by atoms with E-state index in [0.717, 1.165) is 37.3 Å². The Balaban J connectivity index is 1.51. The summed E-state index contributed by atoms with van der Waals surface area (Å²) in [6, 6.07) is 6.15. The van der Waals surface area contributed by atoms with Crippen LogP contribution < -0.4 is 4.74 Å². The largest absolute Gasteiger partial charge is 0.497 e. The van der Waals surface area contributed by atoms with E-state index in [0.29, 0.717) is 13.1 Å². The molecule has 0 spiro atoms. The van der Waals surface area contributed by atoms with Crippen molar-refractivity contribution in [3.05, 3.63) is 41.7 Å². The van der Waals surface area contributed by atoms with E-state index in [1.165, 1.54) is 17.3 Å². The van der Waals surface area contributed by atoms with E-state index >= 15 is 0 Å². The number of rotatable bonds is 4. The predicted molar refractivity (Wildman–Crippen MR) is 103 cm³/mol. The zero-order chi connectivity index (χ0) is 19.0. The molecule has 0 aliphatic carbocycles. The molecule has 1 saturated heterocycles. The third kappa shape index (κ3) is 3.27. The second-order valence-electron chi connectivity index (χ2n) is 7.04. The highest BCUT2D eigenvalue weighted by Crippen LogP contribution is 2.30. The molecule has 3 heterocycles. The molecule has 0 unspecified atom stereocenters. The van der Waals surface area contributed by atoms with Crippen LogP contribution in [0.2, 0.25) is 0 Å². The van der Waals surface area contributed by atoms with Crippen LogP contribution in [0.5, 0.6) is 5.75 Å². The lowest BCUT2D eigenvalue weighted by Crippen LogP contribution is -2.41. The number of hydrogen-bond acceptors (Lipinski definition) is 5. The molecule has 0 radical (unpaired) electrons. The number of aryl methyl sites for hydroxylation is 1. The summed E-state index contributed by atoms with van der Waals surface area (Å²) in [7, 11) is -0.163. The SMILES string of the molecule is COc1ccc2c(c1)CCN=C2C1CCN(S(=O)(=O)c2nccn2C)CC1. The van der Waals surface area contributed by atoms with Gasteiger partial charge in [-0.1, -0.05) is 0 Å². The van der Waals surface area contributed by atoms with Crippen LogP contribution in [0.1, 0.15) is 24.0 Å². The van der Waals surface area contributed by atoms with E-state index in [1.54, 1.807) is 29.2 Å². The first-order valence-electron chi connectivity index (χ1n) is 9.20. The first kappa shape index (κ1) is 18.2. The molecule has 1 aromatic heterocycles. The zero-order valence-electron chi connectivity index (χ0n) is 15.6. The fourth-order valence-corrected chi connectivity index (χ4v) is 5.51. The maximum absolute atomic E-state index is 12.8. The number of imidazole rings is 1. The van der Waals surface area contributed by atoms with Gasteiger partial charge in [-0.05, 0) is 48.6 Å². The molecule has 144 valence electrons. The Bertz CT molecular complexity index is 973. The molecule has 2 aliphatic heterocycles. The lowest BCUT2D eigenvalue weighted by Gasteiger charge is -2.33. The summed E-state index contributed by atoms with van der Waals surface area (Å²) in [5, 5.41) is 0.105. The van der Waals surface area contributed by atoms with E-state index < -0.39 is 10.0 Å². The second kappa shape index (κ2) is 7.09. The van der Waals surface area contributed by atoms with Crippen molar-refractivity contribution >= 4 is 15.7 Å². The fourth-order valence-electron chi connectivity index (χ4n) is 3.97. The van der Waals surface area contributed by atoms with Gasteiger partial charge in [0.05, 0.1) is 7.11 Å². The Morgan fingerprint density at radius 3 is 2.67 bits per heavy atom. The number of ether oxygens (including phenoxy) is 1. The third-order valence-corrected chi connectivity index (χ3v) is 7.34. The summed E-state index contributed by atoms with van der Waals surface area (Å²) >= 11 is 0. The Morgan fingerprint density at radius 1 is 1.22 bits per heavy atom. The van der Waals surface area contributed by atoms with Crippen molar-refractivity contribution in [3.8, 4) is 5.75 Å². The van der Waals surface area contributed by atoms with Gasteiger partial charge < -0.3 is 9.30 Å². The van der Waals surface area contributed by atoms with Gasteiger partial charge in [0.1, 0.15) is 5.75 Å². The standard InChI is InChI=1S/C19H24N4O3S/c1-22-12-9-21-19(22)27(24,25)23-10-6-14(7-11-23)18-17-4-3-16(26-2)13-15(17)5-8-20-18/h3-4,9,12-14H,5-8,10-11H2,1-2H3. The molecular formula is C19H24N4O3S. The number of hydrogen-bond donors (Lipinski definition) is 0. The number of aromatic nitrogens is 2. The normalized spacial score (nSPS) is 18.8. The van der Waals surface area contributed by atoms with Crippen molar-refractivity contribution in [1.82, 2.24) is 13.9 Å². The number of fused-ring (bicyclic) bond motifs is 1. The molecule has 2 aromatic rings. The molecule has 0 amide bonds. The minimum absolute atomic E-state index is 0.105. The summed E-state index contributed by atoms with van der Waals surface area (Å²) in [4.78, 5) is 8.81. The minimum Gasteiger partial charge on any atom is -0.497 e. The van der Waals surface area contributed by atoms with E-state index in [9.17, 15) is 8.42 Å². The molecule has 0 atom stereocenters. The Hall–Kier alpha value is -2.19. The van der Waals surface area contributed by atoms with Gasteiger partial charge in [-0.25, -0.2) is 13.4 Å². The predicted octanol–water partition coefficient (Wildman–Crippen LogP) is 1.87. The lowest BCUT2D eigenvalue weighted by atomic mass is 9.85. The van der Waals surface area contributed by atoms with Gasteiger partial charge in [0.2, 0.25) is 5.16 Å². The van der Waals surface area contributed by atoms with Crippen molar-refractivity contribution < 1.29 is 13.2 Å². The van der Waals surface area contributed by atoms with Crippen molar-refractivity contribution in [2.24, 2.45) is 18.0 Å². The van der Waals surface area contributed by atoms with Crippen molar-refractivity contribution in [1.29, 1.82) is 0 Å². The third-order valence-electron chi connectivity index (χ3n) is 5.44. The lowest BCUT2D eigenvalue weighted by molar-refractivity contribution is 0.313. The average molecular weight is 388 g/mol. The zero-order valence-corrected chi connectivity index (χ0v) is 16.4. The van der Waals surface area contributed by atoms with Gasteiger partial charge in [0.15, 0.2) is 0 Å². The molecule has 1 aromatic carbocycles.